The summed E-state index contributed by atoms with van der Waals surface area (Å²) in [5, 5.41) is 6.38. The number of hydrogen-bond donors (Lipinski definition) is 2. The highest BCUT2D eigenvalue weighted by atomic mass is 16.5. The predicted molar refractivity (Wildman–Crippen MR) is 142 cm³/mol. The molecule has 5 rings (SSSR count). The Morgan fingerprint density at radius 3 is 2.66 bits per heavy atom. The third-order valence-corrected chi connectivity index (χ3v) is 6.70. The Morgan fingerprint density at radius 1 is 1.13 bits per heavy atom. The predicted octanol–water partition coefficient (Wildman–Crippen LogP) is 3.81. The van der Waals surface area contributed by atoms with Gasteiger partial charge >= 0.3 is 5.97 Å². The van der Waals surface area contributed by atoms with E-state index >= 15 is 0 Å². The minimum absolute atomic E-state index is 0.0370. The molecule has 0 radical (unpaired) electrons. The molecule has 0 aliphatic carbocycles. The lowest BCUT2D eigenvalue weighted by atomic mass is 9.98. The average molecular weight is 516 g/mol. The van der Waals surface area contributed by atoms with Crippen LogP contribution in [0.4, 0.5) is 5.82 Å². The van der Waals surface area contributed by atoms with Crippen LogP contribution in [0, 0.1) is 0 Å². The number of aromatic nitrogens is 3. The molecule has 38 heavy (non-hydrogen) atoms. The lowest BCUT2D eigenvalue weighted by Gasteiger charge is -2.20. The molecule has 2 aromatic heterocycles. The third-order valence-electron chi connectivity index (χ3n) is 6.70. The van der Waals surface area contributed by atoms with Gasteiger partial charge in [-0.1, -0.05) is 12.1 Å². The number of esters is 1. The standard InChI is InChI=1S/C28H29N5O5/c1-36-20-11-10-19(22(15-20)37-2)16-31-25-24-23(17-6-8-18(9-7-17)28(35)38-3)32-26(33(24)14-13-29-25)21-5-4-12-30-27(21)34/h6-11,13-15,21H,4-5,12,16H2,1-3H3,(H,29,31)(H,30,34)/t21-/m0/s1. The Kier molecular flexibility index (Phi) is 7.12. The van der Waals surface area contributed by atoms with Crippen LogP contribution in [0.25, 0.3) is 16.8 Å². The van der Waals surface area contributed by atoms with Gasteiger partial charge in [0, 0.05) is 42.7 Å². The molecule has 1 fully saturated rings. The maximum atomic E-state index is 12.8. The molecule has 1 aliphatic rings. The number of nitrogens with zero attached hydrogens (tertiary/aromatic N) is 3. The number of amides is 1. The highest BCUT2D eigenvalue weighted by Gasteiger charge is 2.30. The second-order valence-electron chi connectivity index (χ2n) is 8.90. The lowest BCUT2D eigenvalue weighted by Crippen LogP contribution is -2.35. The van der Waals surface area contributed by atoms with Gasteiger partial charge in [0.1, 0.15) is 28.5 Å². The number of imidazole rings is 1. The molecule has 1 aliphatic heterocycles. The molecule has 1 saturated heterocycles. The van der Waals surface area contributed by atoms with Gasteiger partial charge in [0.2, 0.25) is 5.91 Å². The van der Waals surface area contributed by atoms with Crippen LogP contribution in [0.3, 0.4) is 0 Å². The molecule has 0 saturated carbocycles. The first-order valence-corrected chi connectivity index (χ1v) is 12.3. The van der Waals surface area contributed by atoms with E-state index in [1.807, 2.05) is 40.9 Å². The molecule has 10 nitrogen and oxygen atoms in total. The van der Waals surface area contributed by atoms with Crippen molar-refractivity contribution < 1.29 is 23.8 Å². The summed E-state index contributed by atoms with van der Waals surface area (Å²) in [7, 11) is 4.58. The monoisotopic (exact) mass is 515 g/mol. The molecule has 2 N–H and O–H groups in total. The van der Waals surface area contributed by atoms with Gasteiger partial charge in [-0.05, 0) is 37.1 Å². The fraction of sp³-hybridized carbons (Fsp3) is 0.286. The number of hydrogen-bond acceptors (Lipinski definition) is 8. The molecular formula is C28H29N5O5. The topological polar surface area (TPSA) is 116 Å². The average Bonchev–Trinajstić information content (AvgIpc) is 3.36. The number of carbonyl (C=O) groups is 2. The fourth-order valence-corrected chi connectivity index (χ4v) is 4.72. The first kappa shape index (κ1) is 25.1. The van der Waals surface area contributed by atoms with Crippen molar-refractivity contribution in [2.75, 3.05) is 33.2 Å². The second kappa shape index (κ2) is 10.8. The van der Waals surface area contributed by atoms with E-state index < -0.39 is 5.97 Å². The highest BCUT2D eigenvalue weighted by Crippen LogP contribution is 2.34. The molecule has 2 aromatic carbocycles. The van der Waals surface area contributed by atoms with Crippen LogP contribution < -0.4 is 20.1 Å². The number of ether oxygens (including phenoxy) is 3. The normalized spacial score (nSPS) is 15.1. The molecule has 1 atom stereocenters. The smallest absolute Gasteiger partial charge is 0.337 e. The van der Waals surface area contributed by atoms with E-state index in [0.29, 0.717) is 53.9 Å². The molecule has 0 unspecified atom stereocenters. The number of methoxy groups -OCH3 is 3. The quantitative estimate of drug-likeness (QED) is 0.341. The number of fused-ring (bicyclic) bond motifs is 1. The molecule has 1 amide bonds. The van der Waals surface area contributed by atoms with Crippen LogP contribution in [0.2, 0.25) is 0 Å². The number of rotatable bonds is 8. The number of benzene rings is 2. The van der Waals surface area contributed by atoms with E-state index in [4.69, 9.17) is 19.2 Å². The Balaban J connectivity index is 1.59. The molecular weight excluding hydrogens is 486 g/mol. The number of piperidine rings is 1. The van der Waals surface area contributed by atoms with E-state index in [0.717, 1.165) is 23.1 Å². The number of carbonyl (C=O) groups excluding carboxylic acids is 2. The molecule has 4 aromatic rings. The summed E-state index contributed by atoms with van der Waals surface area (Å²) in [5.74, 6) is 1.82. The van der Waals surface area contributed by atoms with Gasteiger partial charge in [0.25, 0.3) is 0 Å². The fourth-order valence-electron chi connectivity index (χ4n) is 4.72. The Bertz CT molecular complexity index is 1480. The minimum Gasteiger partial charge on any atom is -0.497 e. The van der Waals surface area contributed by atoms with Crippen molar-refractivity contribution in [3.8, 4) is 22.8 Å². The number of anilines is 1. The van der Waals surface area contributed by atoms with Crippen LogP contribution >= 0.6 is 0 Å². The molecule has 3 heterocycles. The number of nitrogens with one attached hydrogen (secondary N) is 2. The van der Waals surface area contributed by atoms with Gasteiger partial charge in [-0.3, -0.25) is 9.20 Å². The summed E-state index contributed by atoms with van der Waals surface area (Å²) in [6.45, 7) is 1.10. The van der Waals surface area contributed by atoms with Crippen molar-refractivity contribution in [3.63, 3.8) is 0 Å². The van der Waals surface area contributed by atoms with Gasteiger partial charge in [-0.15, -0.1) is 0 Å². The van der Waals surface area contributed by atoms with Crippen molar-refractivity contribution in [1.82, 2.24) is 19.7 Å². The zero-order chi connectivity index (χ0) is 26.6. The Hall–Kier alpha value is -4.60. The second-order valence-corrected chi connectivity index (χ2v) is 8.90. The zero-order valence-corrected chi connectivity index (χ0v) is 21.5. The van der Waals surface area contributed by atoms with Gasteiger partial charge < -0.3 is 24.8 Å². The maximum Gasteiger partial charge on any atom is 0.337 e. The van der Waals surface area contributed by atoms with Crippen LogP contribution in [-0.2, 0) is 16.1 Å². The zero-order valence-electron chi connectivity index (χ0n) is 21.5. The van der Waals surface area contributed by atoms with Crippen molar-refractivity contribution in [1.29, 1.82) is 0 Å². The lowest BCUT2D eigenvalue weighted by molar-refractivity contribution is -0.124. The van der Waals surface area contributed by atoms with Crippen molar-refractivity contribution >= 4 is 23.2 Å². The van der Waals surface area contributed by atoms with Gasteiger partial charge in [0.05, 0.1) is 32.8 Å². The van der Waals surface area contributed by atoms with Crippen molar-refractivity contribution in [3.05, 3.63) is 71.8 Å². The summed E-state index contributed by atoms with van der Waals surface area (Å²) in [4.78, 5) is 34.3. The first-order valence-electron chi connectivity index (χ1n) is 12.3. The van der Waals surface area contributed by atoms with E-state index in [1.165, 1.54) is 7.11 Å². The molecule has 0 spiro atoms. The van der Waals surface area contributed by atoms with Gasteiger partial charge in [0.15, 0.2) is 5.82 Å². The minimum atomic E-state index is -0.414. The largest absolute Gasteiger partial charge is 0.497 e. The summed E-state index contributed by atoms with van der Waals surface area (Å²) >= 11 is 0. The summed E-state index contributed by atoms with van der Waals surface area (Å²) in [6, 6.07) is 12.7. The van der Waals surface area contributed by atoms with Gasteiger partial charge in [-0.2, -0.15) is 0 Å². The van der Waals surface area contributed by atoms with Crippen LogP contribution in [0.5, 0.6) is 11.5 Å². The summed E-state index contributed by atoms with van der Waals surface area (Å²) in [6.07, 6.45) is 5.10. The molecule has 0 bridgehead atoms. The Labute approximate surface area is 220 Å². The van der Waals surface area contributed by atoms with E-state index in [1.54, 1.807) is 32.5 Å². The summed E-state index contributed by atoms with van der Waals surface area (Å²) in [5.41, 5.74) is 3.55. The van der Waals surface area contributed by atoms with Crippen LogP contribution in [-0.4, -0.2) is 54.1 Å². The van der Waals surface area contributed by atoms with Gasteiger partial charge in [-0.25, -0.2) is 14.8 Å². The maximum absolute atomic E-state index is 12.8. The molecule has 196 valence electrons. The van der Waals surface area contributed by atoms with Crippen molar-refractivity contribution in [2.45, 2.75) is 25.3 Å². The third kappa shape index (κ3) is 4.72. The van der Waals surface area contributed by atoms with E-state index in [2.05, 4.69) is 15.6 Å². The molecule has 10 heteroatoms. The van der Waals surface area contributed by atoms with E-state index in [9.17, 15) is 9.59 Å². The first-order chi connectivity index (χ1) is 18.5. The van der Waals surface area contributed by atoms with E-state index in [-0.39, 0.29) is 11.8 Å². The van der Waals surface area contributed by atoms with Crippen LogP contribution in [0.1, 0.15) is 40.5 Å². The summed E-state index contributed by atoms with van der Waals surface area (Å²) < 4.78 is 17.6. The SMILES string of the molecule is COC(=O)c1ccc(-c2nc([C@@H]3CCCNC3=O)n3ccnc(NCc4ccc(OC)cc4OC)c23)cc1. The Morgan fingerprint density at radius 2 is 1.95 bits per heavy atom. The highest BCUT2D eigenvalue weighted by molar-refractivity contribution is 5.92. The van der Waals surface area contributed by atoms with Crippen molar-refractivity contribution in [2.24, 2.45) is 0 Å². The van der Waals surface area contributed by atoms with Crippen LogP contribution in [0.15, 0.2) is 54.9 Å².